The van der Waals surface area contributed by atoms with Gasteiger partial charge in [-0.1, -0.05) is 19.1 Å². The number of nitrogens with zero attached hydrogens (tertiary/aromatic N) is 2. The van der Waals surface area contributed by atoms with Crippen LogP contribution in [0.2, 0.25) is 0 Å². The molecular weight excluding hydrogens is 368 g/mol. The Balaban J connectivity index is 1.84. The van der Waals surface area contributed by atoms with Crippen molar-refractivity contribution < 1.29 is 13.2 Å². The minimum Gasteiger partial charge on any atom is -0.325 e. The summed E-state index contributed by atoms with van der Waals surface area (Å²) >= 11 is 0. The number of nitrogens with two attached hydrogens (primary N) is 1. The topological polar surface area (TPSA) is 116 Å². The molecule has 2 aromatic carbocycles. The van der Waals surface area contributed by atoms with E-state index in [-0.39, 0.29) is 23.0 Å². The molecule has 0 aliphatic carbocycles. The Hall–Kier alpha value is -2.91. The minimum absolute atomic E-state index is 0.0423. The zero-order chi connectivity index (χ0) is 19.6. The summed E-state index contributed by atoms with van der Waals surface area (Å²) in [5.41, 5.74) is 1.65. The van der Waals surface area contributed by atoms with Gasteiger partial charge in [-0.25, -0.2) is 18.4 Å². The summed E-state index contributed by atoms with van der Waals surface area (Å²) in [7, 11) is -3.79. The number of primary sulfonamides is 1. The van der Waals surface area contributed by atoms with Crippen molar-refractivity contribution in [1.82, 2.24) is 9.13 Å². The van der Waals surface area contributed by atoms with Crippen LogP contribution >= 0.6 is 0 Å². The van der Waals surface area contributed by atoms with Crippen LogP contribution in [0.3, 0.4) is 0 Å². The van der Waals surface area contributed by atoms with Crippen molar-refractivity contribution >= 4 is 32.7 Å². The van der Waals surface area contributed by atoms with E-state index in [0.717, 1.165) is 11.9 Å². The van der Waals surface area contributed by atoms with E-state index in [9.17, 15) is 18.0 Å². The van der Waals surface area contributed by atoms with Gasteiger partial charge in [0.05, 0.1) is 15.9 Å². The highest BCUT2D eigenvalue weighted by molar-refractivity contribution is 7.89. The molecule has 9 heteroatoms. The number of aryl methyl sites for hydroxylation is 1. The monoisotopic (exact) mass is 388 g/mol. The minimum atomic E-state index is -3.79. The number of amides is 1. The summed E-state index contributed by atoms with van der Waals surface area (Å²) in [6.07, 6.45) is 0.802. The lowest BCUT2D eigenvalue weighted by Crippen LogP contribution is -2.29. The zero-order valence-corrected chi connectivity index (χ0v) is 15.6. The van der Waals surface area contributed by atoms with Gasteiger partial charge in [-0.2, -0.15) is 0 Å². The Morgan fingerprint density at radius 2 is 1.63 bits per heavy atom. The summed E-state index contributed by atoms with van der Waals surface area (Å²) in [4.78, 5) is 25.0. The van der Waals surface area contributed by atoms with E-state index in [0.29, 0.717) is 17.7 Å². The van der Waals surface area contributed by atoms with E-state index in [2.05, 4.69) is 5.32 Å². The fourth-order valence-electron chi connectivity index (χ4n) is 2.94. The largest absolute Gasteiger partial charge is 0.329 e. The normalized spacial score (nSPS) is 11.6. The molecule has 3 aromatic rings. The van der Waals surface area contributed by atoms with Gasteiger partial charge < -0.3 is 5.32 Å². The van der Waals surface area contributed by atoms with E-state index in [1.807, 2.05) is 25.1 Å². The molecule has 0 radical (unpaired) electrons. The molecule has 0 unspecified atom stereocenters. The Bertz CT molecular complexity index is 1140. The van der Waals surface area contributed by atoms with Crippen LogP contribution in [0.25, 0.3) is 11.0 Å². The average molecular weight is 388 g/mol. The molecule has 27 heavy (non-hydrogen) atoms. The fourth-order valence-corrected chi connectivity index (χ4v) is 3.45. The van der Waals surface area contributed by atoms with Gasteiger partial charge in [0.2, 0.25) is 15.9 Å². The van der Waals surface area contributed by atoms with Gasteiger partial charge in [-0.15, -0.1) is 0 Å². The highest BCUT2D eigenvalue weighted by atomic mass is 32.2. The first-order valence-electron chi connectivity index (χ1n) is 8.42. The lowest BCUT2D eigenvalue weighted by atomic mass is 10.3. The number of rotatable bonds is 6. The fraction of sp³-hybridized carbons (Fsp3) is 0.222. The Labute approximate surface area is 156 Å². The lowest BCUT2D eigenvalue weighted by Gasteiger charge is -2.07. The molecular formula is C18H20N4O4S. The van der Waals surface area contributed by atoms with Crippen LogP contribution < -0.4 is 16.1 Å². The van der Waals surface area contributed by atoms with E-state index in [1.165, 1.54) is 28.8 Å². The van der Waals surface area contributed by atoms with E-state index < -0.39 is 10.0 Å². The number of fused-ring (bicyclic) bond motifs is 1. The number of hydrogen-bond donors (Lipinski definition) is 2. The Morgan fingerprint density at radius 1 is 1.04 bits per heavy atom. The Morgan fingerprint density at radius 3 is 2.19 bits per heavy atom. The third-order valence-corrected chi connectivity index (χ3v) is 5.07. The third-order valence-electron chi connectivity index (χ3n) is 4.14. The van der Waals surface area contributed by atoms with Crippen molar-refractivity contribution in [3.8, 4) is 0 Å². The number of para-hydroxylation sites is 2. The van der Waals surface area contributed by atoms with Gasteiger partial charge in [0.15, 0.2) is 0 Å². The van der Waals surface area contributed by atoms with Gasteiger partial charge in [-0.3, -0.25) is 13.9 Å². The van der Waals surface area contributed by atoms with Gasteiger partial charge in [0, 0.05) is 12.2 Å². The molecule has 3 rings (SSSR count). The second kappa shape index (κ2) is 7.37. The second-order valence-corrected chi connectivity index (χ2v) is 7.69. The second-order valence-electron chi connectivity index (χ2n) is 6.13. The maximum Gasteiger partial charge on any atom is 0.329 e. The van der Waals surface area contributed by atoms with Crippen molar-refractivity contribution in [2.75, 3.05) is 5.32 Å². The summed E-state index contributed by atoms with van der Waals surface area (Å²) in [5, 5.41) is 7.71. The molecule has 0 aliphatic rings. The van der Waals surface area contributed by atoms with Crippen LogP contribution in [0.4, 0.5) is 5.69 Å². The Kier molecular flexibility index (Phi) is 5.15. The van der Waals surface area contributed by atoms with Gasteiger partial charge in [0.25, 0.3) is 0 Å². The summed E-state index contributed by atoms with van der Waals surface area (Å²) in [6.45, 7) is 2.41. The van der Waals surface area contributed by atoms with Crippen molar-refractivity contribution in [3.05, 3.63) is 59.0 Å². The van der Waals surface area contributed by atoms with Crippen LogP contribution in [-0.2, 0) is 27.9 Å². The van der Waals surface area contributed by atoms with Gasteiger partial charge in [-0.05, 0) is 42.8 Å². The molecule has 0 aliphatic heterocycles. The van der Waals surface area contributed by atoms with Crippen LogP contribution in [0, 0.1) is 0 Å². The molecule has 0 bridgehead atoms. The first kappa shape index (κ1) is 18.9. The molecule has 3 N–H and O–H groups in total. The van der Waals surface area contributed by atoms with E-state index in [1.54, 1.807) is 10.6 Å². The first-order valence-corrected chi connectivity index (χ1v) is 9.96. The van der Waals surface area contributed by atoms with Crippen LogP contribution in [0.1, 0.15) is 13.3 Å². The maximum atomic E-state index is 12.7. The van der Waals surface area contributed by atoms with E-state index in [4.69, 9.17) is 5.14 Å². The number of carbonyl (C=O) groups is 1. The number of sulfonamides is 1. The van der Waals surface area contributed by atoms with Crippen LogP contribution in [0.5, 0.6) is 0 Å². The number of nitrogens with one attached hydrogen (secondary N) is 1. The summed E-state index contributed by atoms with van der Waals surface area (Å²) in [6, 6.07) is 12.8. The molecule has 0 fully saturated rings. The van der Waals surface area contributed by atoms with Crippen molar-refractivity contribution in [3.63, 3.8) is 0 Å². The number of imidazole rings is 1. The SMILES string of the molecule is CCCn1c(=O)n(CC(=O)Nc2ccc(S(N)(=O)=O)cc2)c2ccccc21. The molecule has 8 nitrogen and oxygen atoms in total. The molecule has 0 atom stereocenters. The van der Waals surface area contributed by atoms with Gasteiger partial charge in [0.1, 0.15) is 6.54 Å². The predicted molar refractivity (Wildman–Crippen MR) is 103 cm³/mol. The lowest BCUT2D eigenvalue weighted by molar-refractivity contribution is -0.116. The number of anilines is 1. The quantitative estimate of drug-likeness (QED) is 0.665. The van der Waals surface area contributed by atoms with Crippen LogP contribution in [0.15, 0.2) is 58.2 Å². The highest BCUT2D eigenvalue weighted by Gasteiger charge is 2.15. The smallest absolute Gasteiger partial charge is 0.325 e. The molecule has 1 amide bonds. The predicted octanol–water partition coefficient (Wildman–Crippen LogP) is 1.50. The standard InChI is InChI=1S/C18H20N4O4S/c1-2-11-21-15-5-3-4-6-16(15)22(18(21)24)12-17(23)20-13-7-9-14(10-8-13)27(19,25)26/h3-10H,2,11-12H2,1H3,(H,20,23)(H2,19,25,26). The maximum absolute atomic E-state index is 12.7. The van der Waals surface area contributed by atoms with Crippen molar-refractivity contribution in [2.45, 2.75) is 31.3 Å². The van der Waals surface area contributed by atoms with E-state index >= 15 is 0 Å². The summed E-state index contributed by atoms with van der Waals surface area (Å²) in [5.74, 6) is -0.389. The number of hydrogen-bond acceptors (Lipinski definition) is 4. The highest BCUT2D eigenvalue weighted by Crippen LogP contribution is 2.15. The summed E-state index contributed by atoms with van der Waals surface area (Å²) < 4.78 is 25.6. The first-order chi connectivity index (χ1) is 12.8. The number of aromatic nitrogens is 2. The van der Waals surface area contributed by atoms with Crippen LogP contribution in [-0.4, -0.2) is 23.5 Å². The molecule has 0 saturated heterocycles. The number of benzene rings is 2. The van der Waals surface area contributed by atoms with Crippen molar-refractivity contribution in [2.24, 2.45) is 5.14 Å². The molecule has 0 saturated carbocycles. The average Bonchev–Trinajstić information content (AvgIpc) is 2.88. The molecule has 1 heterocycles. The molecule has 1 aromatic heterocycles. The molecule has 142 valence electrons. The number of carbonyl (C=O) groups excluding carboxylic acids is 1. The van der Waals surface area contributed by atoms with Gasteiger partial charge >= 0.3 is 5.69 Å². The molecule has 0 spiro atoms. The zero-order valence-electron chi connectivity index (χ0n) is 14.8. The van der Waals surface area contributed by atoms with Crippen molar-refractivity contribution in [1.29, 1.82) is 0 Å². The third kappa shape index (κ3) is 3.93.